The van der Waals surface area contributed by atoms with Gasteiger partial charge in [0, 0.05) is 35.5 Å². The summed E-state index contributed by atoms with van der Waals surface area (Å²) in [5.41, 5.74) is 17.0. The fraction of sp³-hybridized carbons (Fsp3) is 0.448. The molecule has 1 aliphatic carbocycles. The normalized spacial score (nSPS) is 16.3. The molecule has 2 amide bonds. The molecule has 6 N–H and O–H groups in total. The zero-order valence-corrected chi connectivity index (χ0v) is 22.4. The fourth-order valence-electron chi connectivity index (χ4n) is 6.36. The number of amides is 2. The Labute approximate surface area is 225 Å². The van der Waals surface area contributed by atoms with Crippen molar-refractivity contribution in [2.45, 2.75) is 59.1 Å². The number of carbonyl (C=O) groups excluding carboxylic acids is 2. The molecule has 0 saturated heterocycles. The standard InChI is InChI=1S/C29H34FN5O4/c1-13(2)17-7-24-28-20(11-35(24)29(39)21(17)12-36)19-5-15(16(6-25(32)37)10-33-26(38)9-31)4-18-14(3)22(30)8-23(34-28)27(18)19/h7-8,13,15-16,36H,4-6,9-12,31H2,1-3H3,(H2,32,37)(H,33,38). The van der Waals surface area contributed by atoms with Crippen LogP contribution in [0.15, 0.2) is 16.9 Å². The number of hydrogen-bond donors (Lipinski definition) is 4. The molecule has 10 heteroatoms. The predicted octanol–water partition coefficient (Wildman–Crippen LogP) is 1.77. The van der Waals surface area contributed by atoms with Gasteiger partial charge in [0.25, 0.3) is 5.56 Å². The van der Waals surface area contributed by atoms with Crippen LogP contribution in [0.3, 0.4) is 0 Å². The summed E-state index contributed by atoms with van der Waals surface area (Å²) in [6.07, 6.45) is 1.12. The first-order valence-electron chi connectivity index (χ1n) is 13.3. The van der Waals surface area contributed by atoms with Gasteiger partial charge in [-0.1, -0.05) is 13.8 Å². The van der Waals surface area contributed by atoms with Crippen LogP contribution in [0.2, 0.25) is 0 Å². The van der Waals surface area contributed by atoms with Gasteiger partial charge in [0.2, 0.25) is 11.8 Å². The number of primary amides is 1. The van der Waals surface area contributed by atoms with Crippen LogP contribution >= 0.6 is 0 Å². The lowest BCUT2D eigenvalue weighted by atomic mass is 9.73. The molecule has 0 spiro atoms. The Hall–Kier alpha value is -3.63. The molecule has 0 bridgehead atoms. The molecule has 2 aromatic heterocycles. The number of rotatable bonds is 8. The molecule has 3 heterocycles. The van der Waals surface area contributed by atoms with Gasteiger partial charge >= 0.3 is 0 Å². The highest BCUT2D eigenvalue weighted by Gasteiger charge is 2.36. The number of nitrogens with two attached hydrogens (primary N) is 2. The Morgan fingerprint density at radius 2 is 1.95 bits per heavy atom. The Morgan fingerprint density at radius 1 is 1.23 bits per heavy atom. The predicted molar refractivity (Wildman–Crippen MR) is 146 cm³/mol. The molecule has 0 saturated carbocycles. The van der Waals surface area contributed by atoms with Crippen molar-refractivity contribution in [3.63, 3.8) is 0 Å². The van der Waals surface area contributed by atoms with Gasteiger partial charge < -0.3 is 26.5 Å². The summed E-state index contributed by atoms with van der Waals surface area (Å²) in [6.45, 7) is 5.67. The van der Waals surface area contributed by atoms with E-state index in [4.69, 9.17) is 16.5 Å². The number of nitrogens with zero attached hydrogens (tertiary/aromatic N) is 2. The zero-order chi connectivity index (χ0) is 28.2. The number of aromatic nitrogens is 2. The van der Waals surface area contributed by atoms with Crippen molar-refractivity contribution < 1.29 is 19.1 Å². The van der Waals surface area contributed by atoms with Gasteiger partial charge in [0.15, 0.2) is 0 Å². The van der Waals surface area contributed by atoms with Crippen molar-refractivity contribution >= 4 is 22.7 Å². The first kappa shape index (κ1) is 27.0. The third-order valence-corrected chi connectivity index (χ3v) is 8.40. The molecular formula is C29H34FN5O4. The van der Waals surface area contributed by atoms with Gasteiger partial charge in [-0.05, 0) is 65.8 Å². The minimum Gasteiger partial charge on any atom is -0.391 e. The number of benzene rings is 1. The van der Waals surface area contributed by atoms with Gasteiger partial charge in [-0.2, -0.15) is 0 Å². The molecular weight excluding hydrogens is 501 g/mol. The molecule has 0 fully saturated rings. The van der Waals surface area contributed by atoms with Crippen LogP contribution in [0.5, 0.6) is 0 Å². The molecule has 39 heavy (non-hydrogen) atoms. The molecule has 0 radical (unpaired) electrons. The average Bonchev–Trinajstić information content (AvgIpc) is 3.27. The molecule has 9 nitrogen and oxygen atoms in total. The second-order valence-corrected chi connectivity index (χ2v) is 11.0. The van der Waals surface area contributed by atoms with Crippen LogP contribution in [0.4, 0.5) is 4.39 Å². The van der Waals surface area contributed by atoms with Crippen molar-refractivity contribution in [3.8, 4) is 11.4 Å². The highest BCUT2D eigenvalue weighted by atomic mass is 19.1. The summed E-state index contributed by atoms with van der Waals surface area (Å²) in [5.74, 6) is -1.56. The minimum absolute atomic E-state index is 0.0166. The van der Waals surface area contributed by atoms with Crippen molar-refractivity contribution in [2.24, 2.45) is 23.3 Å². The van der Waals surface area contributed by atoms with Crippen LogP contribution in [-0.2, 0) is 35.6 Å². The van der Waals surface area contributed by atoms with Crippen LogP contribution < -0.4 is 22.3 Å². The minimum atomic E-state index is -0.481. The lowest BCUT2D eigenvalue weighted by molar-refractivity contribution is -0.122. The van der Waals surface area contributed by atoms with E-state index >= 15 is 4.39 Å². The van der Waals surface area contributed by atoms with E-state index < -0.39 is 5.91 Å². The van der Waals surface area contributed by atoms with Crippen LogP contribution in [-0.4, -0.2) is 39.6 Å². The third-order valence-electron chi connectivity index (χ3n) is 8.40. The molecule has 1 aromatic carbocycles. The molecule has 2 unspecified atom stereocenters. The second-order valence-electron chi connectivity index (χ2n) is 11.0. The summed E-state index contributed by atoms with van der Waals surface area (Å²) in [7, 11) is 0. The van der Waals surface area contributed by atoms with E-state index in [-0.39, 0.29) is 61.2 Å². The monoisotopic (exact) mass is 535 g/mol. The van der Waals surface area contributed by atoms with E-state index in [1.165, 1.54) is 6.07 Å². The van der Waals surface area contributed by atoms with Crippen LogP contribution in [0.1, 0.15) is 59.6 Å². The van der Waals surface area contributed by atoms with Gasteiger partial charge in [-0.3, -0.25) is 14.4 Å². The number of nitrogens with one attached hydrogen (secondary N) is 1. The summed E-state index contributed by atoms with van der Waals surface area (Å²) in [6, 6.07) is 3.37. The SMILES string of the molecule is Cc1c(F)cc2nc3c(c4c2c1CC(C(CNC(=O)CN)CC(N)=O)C4)Cn1c-3cc(C(C)C)c(CO)c1=O. The van der Waals surface area contributed by atoms with E-state index in [0.29, 0.717) is 47.4 Å². The number of aliphatic hydroxyl groups excluding tert-OH is 1. The van der Waals surface area contributed by atoms with E-state index in [0.717, 1.165) is 27.6 Å². The second kappa shape index (κ2) is 10.2. The number of aliphatic hydroxyl groups is 1. The highest BCUT2D eigenvalue weighted by molar-refractivity contribution is 5.92. The largest absolute Gasteiger partial charge is 0.391 e. The van der Waals surface area contributed by atoms with Crippen LogP contribution in [0, 0.1) is 24.6 Å². The van der Waals surface area contributed by atoms with E-state index in [2.05, 4.69) is 5.32 Å². The smallest absolute Gasteiger partial charge is 0.257 e. The Morgan fingerprint density at radius 3 is 2.59 bits per heavy atom. The van der Waals surface area contributed by atoms with E-state index in [1.54, 1.807) is 11.5 Å². The van der Waals surface area contributed by atoms with Gasteiger partial charge in [0.1, 0.15) is 5.82 Å². The number of carbonyl (C=O) groups is 2. The van der Waals surface area contributed by atoms with Crippen molar-refractivity contribution in [3.05, 3.63) is 61.7 Å². The first-order chi connectivity index (χ1) is 18.5. The van der Waals surface area contributed by atoms with Gasteiger partial charge in [-0.15, -0.1) is 0 Å². The summed E-state index contributed by atoms with van der Waals surface area (Å²) >= 11 is 0. The van der Waals surface area contributed by atoms with E-state index in [9.17, 15) is 19.5 Å². The number of halogens is 1. The van der Waals surface area contributed by atoms with Crippen molar-refractivity contribution in [1.29, 1.82) is 0 Å². The highest BCUT2D eigenvalue weighted by Crippen LogP contribution is 2.44. The molecule has 5 rings (SSSR count). The quantitative estimate of drug-likeness (QED) is 0.270. The third kappa shape index (κ3) is 4.51. The zero-order valence-electron chi connectivity index (χ0n) is 22.4. The summed E-state index contributed by atoms with van der Waals surface area (Å²) in [5, 5.41) is 13.7. The maximum atomic E-state index is 15.2. The van der Waals surface area contributed by atoms with E-state index in [1.807, 2.05) is 19.9 Å². The lowest BCUT2D eigenvalue weighted by Crippen LogP contribution is -2.39. The molecule has 2 atom stereocenters. The lowest BCUT2D eigenvalue weighted by Gasteiger charge is -2.33. The van der Waals surface area contributed by atoms with Gasteiger partial charge in [0.05, 0.1) is 36.6 Å². The Bertz CT molecular complexity index is 1580. The van der Waals surface area contributed by atoms with Crippen molar-refractivity contribution in [1.82, 2.24) is 14.9 Å². The Kier molecular flexibility index (Phi) is 7.02. The summed E-state index contributed by atoms with van der Waals surface area (Å²) in [4.78, 5) is 42.2. The van der Waals surface area contributed by atoms with Crippen LogP contribution in [0.25, 0.3) is 22.3 Å². The average molecular weight is 536 g/mol. The summed E-state index contributed by atoms with van der Waals surface area (Å²) < 4.78 is 16.8. The number of fused-ring (bicyclic) bond motifs is 4. The molecule has 206 valence electrons. The molecule has 2 aliphatic rings. The Balaban J connectivity index is 1.69. The topological polar surface area (TPSA) is 153 Å². The molecule has 3 aromatic rings. The van der Waals surface area contributed by atoms with Gasteiger partial charge in [-0.25, -0.2) is 9.37 Å². The maximum absolute atomic E-state index is 15.2. The maximum Gasteiger partial charge on any atom is 0.257 e. The number of pyridine rings is 2. The van der Waals surface area contributed by atoms with Crippen molar-refractivity contribution in [2.75, 3.05) is 13.1 Å². The fourth-order valence-corrected chi connectivity index (χ4v) is 6.36. The molecule has 1 aliphatic heterocycles. The number of hydrogen-bond acceptors (Lipinski definition) is 6. The first-order valence-corrected chi connectivity index (χ1v) is 13.3.